The summed E-state index contributed by atoms with van der Waals surface area (Å²) in [7, 11) is -2.18. The van der Waals surface area contributed by atoms with Gasteiger partial charge in [-0.1, -0.05) is 6.92 Å². The van der Waals surface area contributed by atoms with Crippen LogP contribution < -0.4 is 10.1 Å². The number of rotatable bonds is 7. The fourth-order valence-corrected chi connectivity index (χ4v) is 8.92. The van der Waals surface area contributed by atoms with Gasteiger partial charge in [0.15, 0.2) is 0 Å². The Labute approximate surface area is 197 Å². The van der Waals surface area contributed by atoms with Crippen LogP contribution in [-0.4, -0.2) is 58.1 Å². The lowest BCUT2D eigenvalue weighted by molar-refractivity contribution is -0.0727. The van der Waals surface area contributed by atoms with Crippen LogP contribution in [-0.2, 0) is 14.8 Å². The summed E-state index contributed by atoms with van der Waals surface area (Å²) >= 11 is 0. The average molecular weight is 477 g/mol. The van der Waals surface area contributed by atoms with E-state index in [0.29, 0.717) is 32.1 Å². The minimum absolute atomic E-state index is 0.0996. The van der Waals surface area contributed by atoms with Crippen molar-refractivity contribution in [1.29, 1.82) is 0 Å². The van der Waals surface area contributed by atoms with Crippen molar-refractivity contribution in [3.05, 3.63) is 23.8 Å². The molecule has 0 spiro atoms. The van der Waals surface area contributed by atoms with Gasteiger partial charge in [-0.25, -0.2) is 8.42 Å². The second-order valence-electron chi connectivity index (χ2n) is 10.6. The molecular weight excluding hydrogens is 440 g/mol. The number of hydrogen-bond donors (Lipinski definition) is 1. The molecule has 7 nitrogen and oxygen atoms in total. The topological polar surface area (TPSA) is 84.9 Å². The summed E-state index contributed by atoms with van der Waals surface area (Å²) in [6, 6.07) is 4.69. The number of methoxy groups -OCH3 is 1. The summed E-state index contributed by atoms with van der Waals surface area (Å²) in [5.74, 6) is 2.57. The Morgan fingerprint density at radius 2 is 1.76 bits per heavy atom. The summed E-state index contributed by atoms with van der Waals surface area (Å²) < 4.78 is 38.5. The number of benzene rings is 1. The van der Waals surface area contributed by atoms with Gasteiger partial charge in [0.25, 0.3) is 5.91 Å². The number of morpholine rings is 1. The summed E-state index contributed by atoms with van der Waals surface area (Å²) in [6.45, 7) is 3.55. The van der Waals surface area contributed by atoms with Crippen molar-refractivity contribution in [3.63, 3.8) is 0 Å². The van der Waals surface area contributed by atoms with Gasteiger partial charge in [0.05, 0.1) is 30.8 Å². The van der Waals surface area contributed by atoms with Gasteiger partial charge >= 0.3 is 0 Å². The predicted molar refractivity (Wildman–Crippen MR) is 125 cm³/mol. The van der Waals surface area contributed by atoms with E-state index in [9.17, 15) is 13.2 Å². The molecule has 1 heterocycles. The molecule has 1 aromatic carbocycles. The summed E-state index contributed by atoms with van der Waals surface area (Å²) in [4.78, 5) is 13.6. The van der Waals surface area contributed by atoms with Crippen molar-refractivity contribution in [3.8, 4) is 5.75 Å². The fraction of sp³-hybridized carbons (Fsp3) is 0.720. The Morgan fingerprint density at radius 3 is 2.30 bits per heavy atom. The standard InChI is InChI=1S/C25H36N2O5S/c1-3-23(25-14-17-10-18(15-25)12-19(11-17)16-25)26-24(28)21-13-20(4-5-22(21)31-2)33(29,30)27-6-8-32-9-7-27/h4-5,13,17-19,23H,3,6-12,14-16H2,1-2H3,(H,26,28). The molecular formula is C25H36N2O5S. The van der Waals surface area contributed by atoms with E-state index in [4.69, 9.17) is 9.47 Å². The number of sulfonamides is 1. The van der Waals surface area contributed by atoms with Crippen molar-refractivity contribution >= 4 is 15.9 Å². The van der Waals surface area contributed by atoms with E-state index in [2.05, 4.69) is 12.2 Å². The minimum Gasteiger partial charge on any atom is -0.496 e. The van der Waals surface area contributed by atoms with E-state index in [1.807, 2.05) is 0 Å². The molecule has 8 heteroatoms. The van der Waals surface area contributed by atoms with Crippen LogP contribution in [0.3, 0.4) is 0 Å². The molecule has 1 atom stereocenters. The highest BCUT2D eigenvalue weighted by molar-refractivity contribution is 7.89. The van der Waals surface area contributed by atoms with Gasteiger partial charge in [-0.05, 0) is 86.3 Å². The van der Waals surface area contributed by atoms with E-state index in [0.717, 1.165) is 24.2 Å². The van der Waals surface area contributed by atoms with E-state index < -0.39 is 10.0 Å². The number of amides is 1. The Kier molecular flexibility index (Phi) is 6.20. The third-order valence-corrected chi connectivity index (χ3v) is 10.5. The number of nitrogens with zero attached hydrogens (tertiary/aromatic N) is 1. The first kappa shape index (κ1) is 23.1. The van der Waals surface area contributed by atoms with Gasteiger partial charge in [0.1, 0.15) is 5.75 Å². The highest BCUT2D eigenvalue weighted by Gasteiger charge is 2.54. The van der Waals surface area contributed by atoms with Crippen molar-refractivity contribution in [1.82, 2.24) is 9.62 Å². The molecule has 182 valence electrons. The highest BCUT2D eigenvalue weighted by Crippen LogP contribution is 2.61. The van der Waals surface area contributed by atoms with Crippen molar-refractivity contribution in [2.75, 3.05) is 33.4 Å². The smallest absolute Gasteiger partial charge is 0.255 e. The third-order valence-electron chi connectivity index (χ3n) is 8.56. The van der Waals surface area contributed by atoms with Crippen LogP contribution in [0.2, 0.25) is 0 Å². The van der Waals surface area contributed by atoms with Gasteiger partial charge < -0.3 is 14.8 Å². The maximum atomic E-state index is 13.5. The Morgan fingerprint density at radius 1 is 1.15 bits per heavy atom. The Hall–Kier alpha value is -1.64. The number of hydrogen-bond acceptors (Lipinski definition) is 5. The molecule has 1 saturated heterocycles. The molecule has 4 bridgehead atoms. The van der Waals surface area contributed by atoms with Crippen LogP contribution in [0.25, 0.3) is 0 Å². The summed E-state index contributed by atoms with van der Waals surface area (Å²) in [5.41, 5.74) is 0.471. The molecule has 6 rings (SSSR count). The van der Waals surface area contributed by atoms with Crippen molar-refractivity contribution < 1.29 is 22.7 Å². The van der Waals surface area contributed by atoms with E-state index >= 15 is 0 Å². The van der Waals surface area contributed by atoms with Crippen LogP contribution in [0, 0.1) is 23.2 Å². The monoisotopic (exact) mass is 476 g/mol. The molecule has 33 heavy (non-hydrogen) atoms. The van der Waals surface area contributed by atoms with Crippen LogP contribution >= 0.6 is 0 Å². The lowest BCUT2D eigenvalue weighted by Crippen LogP contribution is -2.56. The maximum absolute atomic E-state index is 13.5. The predicted octanol–water partition coefficient (Wildman–Crippen LogP) is 3.44. The first-order valence-corrected chi connectivity index (χ1v) is 13.9. The van der Waals surface area contributed by atoms with Crippen LogP contribution in [0.15, 0.2) is 23.1 Å². The highest BCUT2D eigenvalue weighted by atomic mass is 32.2. The number of carbonyl (C=O) groups excluding carboxylic acids is 1. The van der Waals surface area contributed by atoms with E-state index in [-0.39, 0.29) is 27.8 Å². The maximum Gasteiger partial charge on any atom is 0.255 e. The lowest BCUT2D eigenvalue weighted by atomic mass is 9.47. The van der Waals surface area contributed by atoms with Crippen molar-refractivity contribution in [2.24, 2.45) is 23.2 Å². The summed E-state index contributed by atoms with van der Waals surface area (Å²) in [5, 5.41) is 3.33. The molecule has 5 aliphatic rings. The molecule has 4 aliphatic carbocycles. The molecule has 1 amide bonds. The van der Waals surface area contributed by atoms with E-state index in [1.54, 1.807) is 6.07 Å². The van der Waals surface area contributed by atoms with Gasteiger partial charge in [-0.2, -0.15) is 4.31 Å². The number of ether oxygens (including phenoxy) is 2. The first-order chi connectivity index (χ1) is 15.8. The zero-order chi connectivity index (χ0) is 23.2. The zero-order valence-electron chi connectivity index (χ0n) is 19.7. The largest absolute Gasteiger partial charge is 0.496 e. The van der Waals surface area contributed by atoms with Gasteiger partial charge in [-0.15, -0.1) is 0 Å². The van der Waals surface area contributed by atoms with Crippen molar-refractivity contribution in [2.45, 2.75) is 62.8 Å². The fourth-order valence-electron chi connectivity index (χ4n) is 7.49. The Bertz CT molecular complexity index is 967. The molecule has 4 saturated carbocycles. The molecule has 1 N–H and O–H groups in total. The molecule has 5 fully saturated rings. The normalized spacial score (nSPS) is 32.5. The molecule has 0 radical (unpaired) electrons. The minimum atomic E-state index is -3.70. The number of nitrogens with one attached hydrogen (secondary N) is 1. The van der Waals surface area contributed by atoms with Crippen LogP contribution in [0.5, 0.6) is 5.75 Å². The third kappa shape index (κ3) is 4.19. The molecule has 0 aromatic heterocycles. The quantitative estimate of drug-likeness (QED) is 0.652. The molecule has 1 unspecified atom stereocenters. The van der Waals surface area contributed by atoms with Gasteiger partial charge in [0, 0.05) is 19.1 Å². The van der Waals surface area contributed by atoms with Gasteiger partial charge in [0.2, 0.25) is 10.0 Å². The second-order valence-corrected chi connectivity index (χ2v) is 12.5. The van der Waals surface area contributed by atoms with E-state index in [1.165, 1.54) is 62.1 Å². The molecule has 1 aliphatic heterocycles. The first-order valence-electron chi connectivity index (χ1n) is 12.4. The van der Waals surface area contributed by atoms with Crippen LogP contribution in [0.4, 0.5) is 0 Å². The zero-order valence-corrected chi connectivity index (χ0v) is 20.5. The number of carbonyl (C=O) groups is 1. The second kappa shape index (κ2) is 8.86. The van der Waals surface area contributed by atoms with Gasteiger partial charge in [-0.3, -0.25) is 4.79 Å². The van der Waals surface area contributed by atoms with Crippen LogP contribution in [0.1, 0.15) is 62.2 Å². The summed E-state index contributed by atoms with van der Waals surface area (Å²) in [6.07, 6.45) is 8.59. The Balaban J connectivity index is 1.40. The average Bonchev–Trinajstić information content (AvgIpc) is 2.81. The SMILES string of the molecule is CCC(NC(=O)c1cc(S(=O)(=O)N2CCOCC2)ccc1OC)C12CC3CC(CC(C3)C1)C2. The lowest BCUT2D eigenvalue weighted by Gasteiger charge is -2.59. The molecule has 1 aromatic rings.